The Morgan fingerprint density at radius 2 is 1.95 bits per heavy atom. The molecule has 5 heteroatoms. The maximum absolute atomic E-state index is 11.0. The van der Waals surface area contributed by atoms with Crippen LogP contribution in [0.1, 0.15) is 9.67 Å². The minimum Gasteiger partial charge on any atom is -0.477 e. The minimum atomic E-state index is -0.914. The summed E-state index contributed by atoms with van der Waals surface area (Å²) < 4.78 is 0.866. The fourth-order valence-electron chi connectivity index (χ4n) is 1.93. The van der Waals surface area contributed by atoms with Crippen LogP contribution in [0.15, 0.2) is 42.7 Å². The van der Waals surface area contributed by atoms with Crippen molar-refractivity contribution in [1.82, 2.24) is 4.98 Å². The summed E-state index contributed by atoms with van der Waals surface area (Å²) in [5.41, 5.74) is 1.88. The van der Waals surface area contributed by atoms with E-state index < -0.39 is 5.97 Å². The number of aromatic nitrogens is 1. The third-order valence-corrected chi connectivity index (χ3v) is 4.12. The smallest absolute Gasteiger partial charge is 0.345 e. The van der Waals surface area contributed by atoms with Gasteiger partial charge in [0.2, 0.25) is 0 Å². The summed E-state index contributed by atoms with van der Waals surface area (Å²) in [5, 5.41) is 10.6. The Bertz CT molecular complexity index is 765. The third-order valence-electron chi connectivity index (χ3n) is 2.81. The molecule has 0 atom stereocenters. The third kappa shape index (κ3) is 2.20. The van der Waals surface area contributed by atoms with Crippen LogP contribution in [0.25, 0.3) is 21.2 Å². The number of carboxylic acids is 1. The molecule has 0 aliphatic carbocycles. The first-order chi connectivity index (χ1) is 9.15. The average molecular weight is 290 g/mol. The molecule has 0 spiro atoms. The van der Waals surface area contributed by atoms with Crippen LogP contribution in [-0.2, 0) is 0 Å². The van der Waals surface area contributed by atoms with E-state index in [-0.39, 0.29) is 0 Å². The van der Waals surface area contributed by atoms with Crippen molar-refractivity contribution in [2.75, 3.05) is 0 Å². The zero-order valence-electron chi connectivity index (χ0n) is 9.63. The van der Waals surface area contributed by atoms with Crippen LogP contribution in [0.5, 0.6) is 0 Å². The second kappa shape index (κ2) is 4.64. The van der Waals surface area contributed by atoms with E-state index in [1.165, 1.54) is 11.3 Å². The van der Waals surface area contributed by atoms with Crippen LogP contribution in [0.2, 0.25) is 5.02 Å². The Kier molecular flexibility index (Phi) is 2.97. The predicted octanol–water partition coefficient (Wildman–Crippen LogP) is 4.31. The zero-order chi connectivity index (χ0) is 13.4. The molecule has 0 aliphatic heterocycles. The summed E-state index contributed by atoms with van der Waals surface area (Å²) in [6, 6.07) is 9.10. The van der Waals surface area contributed by atoms with Gasteiger partial charge < -0.3 is 5.11 Å². The molecule has 94 valence electrons. The number of nitrogens with zero attached hydrogens (tertiary/aromatic N) is 1. The molecular formula is C14H8ClNO2S. The number of fused-ring (bicyclic) bond motifs is 1. The Morgan fingerprint density at radius 3 is 2.63 bits per heavy atom. The standard InChI is InChI=1S/C14H8ClNO2S/c15-9-3-1-8(2-4-9)11-6-16-7-13-10(11)5-12(19-13)14(17)18/h1-7H,(H,17,18). The van der Waals surface area contributed by atoms with Crippen LogP contribution in [0.4, 0.5) is 0 Å². The number of hydrogen-bond donors (Lipinski definition) is 1. The fraction of sp³-hybridized carbons (Fsp3) is 0. The molecule has 1 aromatic carbocycles. The second-order valence-electron chi connectivity index (χ2n) is 4.02. The topological polar surface area (TPSA) is 50.2 Å². The van der Waals surface area contributed by atoms with Crippen molar-refractivity contribution in [3.63, 3.8) is 0 Å². The SMILES string of the molecule is O=C(O)c1cc2c(-c3ccc(Cl)cc3)cncc2s1. The lowest BCUT2D eigenvalue weighted by Gasteiger charge is -2.02. The summed E-state index contributed by atoms with van der Waals surface area (Å²) >= 11 is 7.10. The number of rotatable bonds is 2. The van der Waals surface area contributed by atoms with Crippen LogP contribution in [-0.4, -0.2) is 16.1 Å². The lowest BCUT2D eigenvalue weighted by molar-refractivity contribution is 0.0702. The van der Waals surface area contributed by atoms with E-state index in [0.717, 1.165) is 21.2 Å². The van der Waals surface area contributed by atoms with E-state index in [1.54, 1.807) is 30.6 Å². The molecule has 0 bridgehead atoms. The van der Waals surface area contributed by atoms with E-state index in [9.17, 15) is 4.79 Å². The Morgan fingerprint density at radius 1 is 1.21 bits per heavy atom. The summed E-state index contributed by atoms with van der Waals surface area (Å²) in [6.07, 6.45) is 3.43. The first-order valence-electron chi connectivity index (χ1n) is 5.52. The van der Waals surface area contributed by atoms with Gasteiger partial charge in [-0.15, -0.1) is 11.3 Å². The highest BCUT2D eigenvalue weighted by Gasteiger charge is 2.12. The largest absolute Gasteiger partial charge is 0.477 e. The molecule has 3 rings (SSSR count). The van der Waals surface area contributed by atoms with Crippen molar-refractivity contribution in [1.29, 1.82) is 0 Å². The van der Waals surface area contributed by atoms with Gasteiger partial charge in [-0.25, -0.2) is 4.79 Å². The summed E-state index contributed by atoms with van der Waals surface area (Å²) in [4.78, 5) is 15.5. The number of benzene rings is 1. The van der Waals surface area contributed by atoms with Crippen molar-refractivity contribution in [3.8, 4) is 11.1 Å². The lowest BCUT2D eigenvalue weighted by atomic mass is 10.0. The van der Waals surface area contributed by atoms with Gasteiger partial charge in [0.25, 0.3) is 0 Å². The fourth-order valence-corrected chi connectivity index (χ4v) is 2.94. The molecule has 1 N–H and O–H groups in total. The molecular weight excluding hydrogens is 282 g/mol. The molecule has 0 radical (unpaired) electrons. The monoisotopic (exact) mass is 289 g/mol. The molecule has 3 aromatic rings. The number of halogens is 1. The van der Waals surface area contributed by atoms with E-state index in [0.29, 0.717) is 9.90 Å². The number of carboxylic acid groups (broad SMARTS) is 1. The Labute approximate surface area is 118 Å². The average Bonchev–Trinajstić information content (AvgIpc) is 2.83. The number of thiophene rings is 1. The minimum absolute atomic E-state index is 0.318. The molecule has 0 fully saturated rings. The van der Waals surface area contributed by atoms with Gasteiger partial charge in [-0.2, -0.15) is 0 Å². The van der Waals surface area contributed by atoms with Gasteiger partial charge in [-0.05, 0) is 23.8 Å². The van der Waals surface area contributed by atoms with E-state index in [2.05, 4.69) is 4.98 Å². The highest BCUT2D eigenvalue weighted by molar-refractivity contribution is 7.20. The van der Waals surface area contributed by atoms with Crippen LogP contribution in [0.3, 0.4) is 0 Å². The second-order valence-corrected chi connectivity index (χ2v) is 5.54. The van der Waals surface area contributed by atoms with Crippen molar-refractivity contribution in [2.24, 2.45) is 0 Å². The zero-order valence-corrected chi connectivity index (χ0v) is 11.2. The molecule has 19 heavy (non-hydrogen) atoms. The molecule has 2 heterocycles. The van der Waals surface area contributed by atoms with Gasteiger partial charge in [0.15, 0.2) is 0 Å². The van der Waals surface area contributed by atoms with Gasteiger partial charge in [0, 0.05) is 28.4 Å². The quantitative estimate of drug-likeness (QED) is 0.764. The molecule has 2 aromatic heterocycles. The molecule has 0 saturated heterocycles. The van der Waals surface area contributed by atoms with Crippen molar-refractivity contribution in [2.45, 2.75) is 0 Å². The Balaban J connectivity index is 2.23. The number of hydrogen-bond acceptors (Lipinski definition) is 3. The van der Waals surface area contributed by atoms with Crippen molar-refractivity contribution >= 4 is 39.0 Å². The highest BCUT2D eigenvalue weighted by atomic mass is 35.5. The van der Waals surface area contributed by atoms with E-state index in [1.807, 2.05) is 12.1 Å². The van der Waals surface area contributed by atoms with E-state index >= 15 is 0 Å². The van der Waals surface area contributed by atoms with E-state index in [4.69, 9.17) is 16.7 Å². The van der Waals surface area contributed by atoms with Gasteiger partial charge in [-0.3, -0.25) is 4.98 Å². The molecule has 0 amide bonds. The van der Waals surface area contributed by atoms with Gasteiger partial charge in [-0.1, -0.05) is 23.7 Å². The van der Waals surface area contributed by atoms with Gasteiger partial charge in [0.05, 0.1) is 4.70 Å². The summed E-state index contributed by atoms with van der Waals surface area (Å²) in [7, 11) is 0. The van der Waals surface area contributed by atoms with Crippen LogP contribution in [0, 0.1) is 0 Å². The van der Waals surface area contributed by atoms with Crippen molar-refractivity contribution < 1.29 is 9.90 Å². The summed E-state index contributed by atoms with van der Waals surface area (Å²) in [5.74, 6) is -0.914. The lowest BCUT2D eigenvalue weighted by Crippen LogP contribution is -1.89. The Hall–Kier alpha value is -1.91. The number of aromatic carboxylic acids is 1. The predicted molar refractivity (Wildman–Crippen MR) is 77.0 cm³/mol. The van der Waals surface area contributed by atoms with Crippen LogP contribution < -0.4 is 0 Å². The maximum Gasteiger partial charge on any atom is 0.345 e. The molecule has 0 saturated carbocycles. The highest BCUT2D eigenvalue weighted by Crippen LogP contribution is 2.33. The van der Waals surface area contributed by atoms with Crippen LogP contribution >= 0.6 is 22.9 Å². The molecule has 3 nitrogen and oxygen atoms in total. The molecule has 0 aliphatic rings. The maximum atomic E-state index is 11.0. The van der Waals surface area contributed by atoms with Gasteiger partial charge >= 0.3 is 5.97 Å². The van der Waals surface area contributed by atoms with Gasteiger partial charge in [0.1, 0.15) is 4.88 Å². The summed E-state index contributed by atoms with van der Waals surface area (Å²) in [6.45, 7) is 0. The normalized spacial score (nSPS) is 10.8. The molecule has 0 unspecified atom stereocenters. The first-order valence-corrected chi connectivity index (χ1v) is 6.71. The number of carbonyl (C=O) groups is 1. The van der Waals surface area contributed by atoms with Crippen molar-refractivity contribution in [3.05, 3.63) is 52.6 Å². The first kappa shape index (κ1) is 12.1. The number of pyridine rings is 1.